The van der Waals surface area contributed by atoms with Crippen molar-refractivity contribution in [1.29, 1.82) is 0 Å². The predicted molar refractivity (Wildman–Crippen MR) is 68.8 cm³/mol. The molecule has 0 bridgehead atoms. The van der Waals surface area contributed by atoms with Crippen molar-refractivity contribution in [3.05, 3.63) is 17.4 Å². The van der Waals surface area contributed by atoms with Gasteiger partial charge in [0.2, 0.25) is 0 Å². The number of urea groups is 1. The Morgan fingerprint density at radius 3 is 3.11 bits per heavy atom. The van der Waals surface area contributed by atoms with Gasteiger partial charge in [0.1, 0.15) is 0 Å². The van der Waals surface area contributed by atoms with Crippen molar-refractivity contribution in [3.63, 3.8) is 0 Å². The van der Waals surface area contributed by atoms with Crippen LogP contribution in [0.15, 0.2) is 11.6 Å². The Bertz CT molecular complexity index is 562. The number of anilines is 1. The van der Waals surface area contributed by atoms with E-state index in [4.69, 9.17) is 0 Å². The summed E-state index contributed by atoms with van der Waals surface area (Å²) in [5, 5.41) is 19.4. The SMILES string of the molecule is CC(NC(=O)Nc1nccs1)c1nnnn1C1CC1. The number of amides is 2. The van der Waals surface area contributed by atoms with Crippen LogP contribution in [0, 0.1) is 0 Å². The highest BCUT2D eigenvalue weighted by Crippen LogP contribution is 2.35. The monoisotopic (exact) mass is 279 g/mol. The van der Waals surface area contributed by atoms with Gasteiger partial charge in [-0.15, -0.1) is 16.4 Å². The number of nitrogens with zero attached hydrogens (tertiary/aromatic N) is 5. The van der Waals surface area contributed by atoms with E-state index in [0.717, 1.165) is 12.8 Å². The van der Waals surface area contributed by atoms with Crippen molar-refractivity contribution >= 4 is 22.5 Å². The summed E-state index contributed by atoms with van der Waals surface area (Å²) in [6, 6.07) is -0.181. The van der Waals surface area contributed by atoms with E-state index in [0.29, 0.717) is 17.0 Å². The normalized spacial score (nSPS) is 16.1. The number of carbonyl (C=O) groups is 1. The molecular formula is C10H13N7OS. The summed E-state index contributed by atoms with van der Waals surface area (Å²) in [6.45, 7) is 1.85. The average Bonchev–Trinajstić information content (AvgIpc) is 2.91. The first kappa shape index (κ1) is 12.0. The molecule has 1 aliphatic rings. The fraction of sp³-hybridized carbons (Fsp3) is 0.500. The van der Waals surface area contributed by atoms with Crippen molar-refractivity contribution in [1.82, 2.24) is 30.5 Å². The molecule has 0 radical (unpaired) electrons. The number of hydrogen-bond acceptors (Lipinski definition) is 6. The second kappa shape index (κ2) is 4.92. The molecule has 3 rings (SSSR count). The quantitative estimate of drug-likeness (QED) is 0.880. The van der Waals surface area contributed by atoms with Crippen LogP contribution in [0.25, 0.3) is 0 Å². The molecular weight excluding hydrogens is 266 g/mol. The van der Waals surface area contributed by atoms with Crippen molar-refractivity contribution in [2.24, 2.45) is 0 Å². The van der Waals surface area contributed by atoms with Gasteiger partial charge in [0.05, 0.1) is 12.1 Å². The van der Waals surface area contributed by atoms with Gasteiger partial charge in [-0.3, -0.25) is 5.32 Å². The van der Waals surface area contributed by atoms with Gasteiger partial charge in [-0.2, -0.15) is 0 Å². The molecule has 2 heterocycles. The molecule has 2 aromatic rings. The van der Waals surface area contributed by atoms with Crippen LogP contribution < -0.4 is 10.6 Å². The zero-order valence-electron chi connectivity index (χ0n) is 10.3. The smallest absolute Gasteiger partial charge is 0.321 e. The van der Waals surface area contributed by atoms with Crippen molar-refractivity contribution in [2.45, 2.75) is 31.8 Å². The van der Waals surface area contributed by atoms with Crippen LogP contribution in [-0.2, 0) is 0 Å². The van der Waals surface area contributed by atoms with Gasteiger partial charge >= 0.3 is 6.03 Å². The molecule has 2 N–H and O–H groups in total. The van der Waals surface area contributed by atoms with Crippen LogP contribution in [-0.4, -0.2) is 31.2 Å². The van der Waals surface area contributed by atoms with E-state index in [1.54, 1.807) is 16.3 Å². The minimum absolute atomic E-state index is 0.254. The minimum Gasteiger partial charge on any atom is -0.328 e. The second-order valence-corrected chi connectivity index (χ2v) is 5.26. The lowest BCUT2D eigenvalue weighted by molar-refractivity contribution is 0.248. The van der Waals surface area contributed by atoms with Gasteiger partial charge in [0, 0.05) is 11.6 Å². The van der Waals surface area contributed by atoms with Crippen LogP contribution in [0.3, 0.4) is 0 Å². The van der Waals surface area contributed by atoms with Gasteiger partial charge in [0.25, 0.3) is 0 Å². The van der Waals surface area contributed by atoms with Gasteiger partial charge in [-0.1, -0.05) is 0 Å². The molecule has 1 atom stereocenters. The van der Waals surface area contributed by atoms with Gasteiger partial charge in [0.15, 0.2) is 11.0 Å². The molecule has 2 amide bonds. The third-order valence-corrected chi connectivity index (χ3v) is 3.49. The summed E-state index contributed by atoms with van der Waals surface area (Å²) in [6.07, 6.45) is 3.82. The fourth-order valence-corrected chi connectivity index (χ4v) is 2.27. The topological polar surface area (TPSA) is 97.6 Å². The maximum Gasteiger partial charge on any atom is 0.321 e. The highest BCUT2D eigenvalue weighted by molar-refractivity contribution is 7.13. The highest BCUT2D eigenvalue weighted by atomic mass is 32.1. The maximum absolute atomic E-state index is 11.8. The summed E-state index contributed by atoms with van der Waals surface area (Å²) < 4.78 is 1.79. The second-order valence-electron chi connectivity index (χ2n) is 4.37. The van der Waals surface area contributed by atoms with E-state index in [1.165, 1.54) is 11.3 Å². The van der Waals surface area contributed by atoms with Gasteiger partial charge in [-0.25, -0.2) is 14.5 Å². The Hall–Kier alpha value is -2.03. The Morgan fingerprint density at radius 1 is 1.58 bits per heavy atom. The summed E-state index contributed by atoms with van der Waals surface area (Å²) >= 11 is 1.37. The van der Waals surface area contributed by atoms with E-state index in [2.05, 4.69) is 31.1 Å². The zero-order chi connectivity index (χ0) is 13.2. The number of rotatable bonds is 4. The van der Waals surface area contributed by atoms with Gasteiger partial charge in [-0.05, 0) is 30.2 Å². The standard InChI is InChI=1S/C10H13N7OS/c1-6(8-14-15-16-17(8)7-2-3-7)12-9(18)13-10-11-4-5-19-10/h4-7H,2-3H2,1H3,(H2,11,12,13,18). The Balaban J connectivity index is 1.62. The first-order chi connectivity index (χ1) is 9.24. The molecule has 1 fully saturated rings. The van der Waals surface area contributed by atoms with Crippen LogP contribution >= 0.6 is 11.3 Å². The third-order valence-electron chi connectivity index (χ3n) is 2.80. The van der Waals surface area contributed by atoms with E-state index in [-0.39, 0.29) is 12.1 Å². The molecule has 0 saturated heterocycles. The van der Waals surface area contributed by atoms with Crippen LogP contribution in [0.2, 0.25) is 0 Å². The number of carbonyl (C=O) groups excluding carboxylic acids is 1. The number of nitrogens with one attached hydrogen (secondary N) is 2. The van der Waals surface area contributed by atoms with Gasteiger partial charge < -0.3 is 5.32 Å². The molecule has 0 spiro atoms. The molecule has 1 unspecified atom stereocenters. The molecule has 100 valence electrons. The van der Waals surface area contributed by atoms with E-state index in [1.807, 2.05) is 6.92 Å². The number of hydrogen-bond donors (Lipinski definition) is 2. The molecule has 2 aromatic heterocycles. The molecule has 19 heavy (non-hydrogen) atoms. The largest absolute Gasteiger partial charge is 0.328 e. The fourth-order valence-electron chi connectivity index (χ4n) is 1.74. The predicted octanol–water partition coefficient (Wildman–Crippen LogP) is 1.35. The summed E-state index contributed by atoms with van der Waals surface area (Å²) in [4.78, 5) is 15.8. The minimum atomic E-state index is -0.312. The molecule has 9 heteroatoms. The van der Waals surface area contributed by atoms with Crippen LogP contribution in [0.4, 0.5) is 9.93 Å². The zero-order valence-corrected chi connectivity index (χ0v) is 11.1. The first-order valence-corrected chi connectivity index (χ1v) is 6.87. The molecule has 1 aliphatic carbocycles. The Morgan fingerprint density at radius 2 is 2.42 bits per heavy atom. The number of aromatic nitrogens is 5. The molecule has 8 nitrogen and oxygen atoms in total. The lowest BCUT2D eigenvalue weighted by Gasteiger charge is -2.13. The molecule has 0 aliphatic heterocycles. The van der Waals surface area contributed by atoms with Crippen molar-refractivity contribution < 1.29 is 4.79 Å². The number of tetrazole rings is 1. The first-order valence-electron chi connectivity index (χ1n) is 5.99. The molecule has 1 saturated carbocycles. The van der Waals surface area contributed by atoms with Crippen molar-refractivity contribution in [3.8, 4) is 0 Å². The lowest BCUT2D eigenvalue weighted by atomic mass is 10.3. The van der Waals surface area contributed by atoms with Crippen molar-refractivity contribution in [2.75, 3.05) is 5.32 Å². The Labute approximate surface area is 113 Å². The summed E-state index contributed by atoms with van der Waals surface area (Å²) in [5.74, 6) is 0.678. The molecule has 0 aromatic carbocycles. The lowest BCUT2D eigenvalue weighted by Crippen LogP contribution is -2.32. The van der Waals surface area contributed by atoms with Crippen LogP contribution in [0.1, 0.15) is 37.7 Å². The average molecular weight is 279 g/mol. The highest BCUT2D eigenvalue weighted by Gasteiger charge is 2.29. The summed E-state index contributed by atoms with van der Waals surface area (Å²) in [7, 11) is 0. The third kappa shape index (κ3) is 2.70. The maximum atomic E-state index is 11.8. The van der Waals surface area contributed by atoms with E-state index < -0.39 is 0 Å². The van der Waals surface area contributed by atoms with E-state index in [9.17, 15) is 4.79 Å². The van der Waals surface area contributed by atoms with E-state index >= 15 is 0 Å². The van der Waals surface area contributed by atoms with Crippen LogP contribution in [0.5, 0.6) is 0 Å². The number of thiazole rings is 1. The Kier molecular flexibility index (Phi) is 3.11. The summed E-state index contributed by atoms with van der Waals surface area (Å²) in [5.41, 5.74) is 0.